The highest BCUT2D eigenvalue weighted by Crippen LogP contribution is 2.77. The Balaban J connectivity index is 1.49. The largest absolute Gasteiger partial charge is 0.275 e. The van der Waals surface area contributed by atoms with Gasteiger partial charge in [-0.25, -0.2) is 0 Å². The molecule has 0 bridgehead atoms. The monoisotopic (exact) mass is 450 g/mol. The molecular weight excluding hydrogens is 424 g/mol. The summed E-state index contributed by atoms with van der Waals surface area (Å²) in [5.41, 5.74) is 10.2. The minimum absolute atomic E-state index is 0.101. The summed E-state index contributed by atoms with van der Waals surface area (Å²) in [4.78, 5) is 0. The van der Waals surface area contributed by atoms with E-state index in [0.717, 1.165) is 0 Å². The fourth-order valence-corrected chi connectivity index (χ4v) is 7.90. The van der Waals surface area contributed by atoms with Crippen LogP contribution in [0.4, 0.5) is 0 Å². The van der Waals surface area contributed by atoms with E-state index < -0.39 is 0 Å². The average molecular weight is 451 g/mol. The summed E-state index contributed by atoms with van der Waals surface area (Å²) in [5, 5.41) is 0. The van der Waals surface area contributed by atoms with Crippen LogP contribution in [-0.4, -0.2) is 0 Å². The Kier molecular flexibility index (Phi) is 3.38. The summed E-state index contributed by atoms with van der Waals surface area (Å²) < 4.78 is 5.15. The molecule has 1 spiro atoms. The third-order valence-corrected chi connectivity index (χ3v) is 9.44. The zero-order chi connectivity index (χ0) is 23.4. The fourth-order valence-electron chi connectivity index (χ4n) is 7.90. The molecule has 0 radical (unpaired) electrons. The Labute approximate surface area is 205 Å². The number of pyridine rings is 2. The molecule has 0 amide bonds. The molecule has 2 aliphatic heterocycles. The highest BCUT2D eigenvalue weighted by Gasteiger charge is 3.01. The maximum Gasteiger partial charge on any atom is 0.275 e. The Morgan fingerprint density at radius 1 is 0.514 bits per heavy atom. The summed E-state index contributed by atoms with van der Waals surface area (Å²) in [6.07, 6.45) is 4.63. The van der Waals surface area contributed by atoms with Gasteiger partial charge < -0.3 is 0 Å². The number of hydrogen-bond acceptors (Lipinski definition) is 0. The predicted octanol–water partition coefficient (Wildman–Crippen LogP) is 6.02. The zero-order valence-electron chi connectivity index (χ0n) is 19.9. The quantitative estimate of drug-likeness (QED) is 0.276. The van der Waals surface area contributed by atoms with Gasteiger partial charge in [0.1, 0.15) is 5.41 Å². The van der Waals surface area contributed by atoms with Crippen LogP contribution in [0.5, 0.6) is 0 Å². The number of nitrogens with zero attached hydrogens (tertiary/aromatic N) is 2. The van der Waals surface area contributed by atoms with Gasteiger partial charge in [-0.15, -0.1) is 0 Å². The SMILES string of the molecule is CC12c3ccccc3-c3cccc[n+]3C1(C)C21c2ccccc2-c2cc(-c3ccccc3)cc[n+]21. The van der Waals surface area contributed by atoms with Crippen molar-refractivity contribution < 1.29 is 9.13 Å². The van der Waals surface area contributed by atoms with Crippen molar-refractivity contribution in [2.45, 2.75) is 30.3 Å². The van der Waals surface area contributed by atoms with E-state index in [4.69, 9.17) is 0 Å². The summed E-state index contributed by atoms with van der Waals surface area (Å²) in [6.45, 7) is 4.95. The third-order valence-electron chi connectivity index (χ3n) is 9.44. The van der Waals surface area contributed by atoms with Gasteiger partial charge >= 0.3 is 0 Å². The minimum Gasteiger partial charge on any atom is -0.184 e. The molecule has 8 rings (SSSR count). The van der Waals surface area contributed by atoms with Gasteiger partial charge in [-0.3, -0.25) is 0 Å². The van der Waals surface area contributed by atoms with Gasteiger partial charge in [-0.1, -0.05) is 66.7 Å². The first-order valence-electron chi connectivity index (χ1n) is 12.5. The van der Waals surface area contributed by atoms with Gasteiger partial charge in [0, 0.05) is 36.8 Å². The first kappa shape index (κ1) is 19.3. The van der Waals surface area contributed by atoms with E-state index in [-0.39, 0.29) is 16.5 Å². The molecule has 5 aromatic rings. The molecule has 3 aromatic carbocycles. The lowest BCUT2D eigenvalue weighted by atomic mass is 9.82. The van der Waals surface area contributed by atoms with Crippen LogP contribution < -0.4 is 9.13 Å². The molecule has 4 heterocycles. The smallest absolute Gasteiger partial charge is 0.184 e. The molecule has 0 N–H and O–H groups in total. The highest BCUT2D eigenvalue weighted by atomic mass is 15.3. The van der Waals surface area contributed by atoms with E-state index in [0.29, 0.717) is 0 Å². The predicted molar refractivity (Wildman–Crippen MR) is 138 cm³/mol. The first-order valence-corrected chi connectivity index (χ1v) is 12.5. The van der Waals surface area contributed by atoms with Crippen LogP contribution in [0.25, 0.3) is 33.6 Å². The van der Waals surface area contributed by atoms with E-state index in [1.807, 2.05) is 0 Å². The fraction of sp³-hybridized carbons (Fsp3) is 0.152. The number of aromatic nitrogens is 2. The lowest BCUT2D eigenvalue weighted by Gasteiger charge is -2.22. The molecule has 2 aromatic heterocycles. The maximum absolute atomic E-state index is 2.59. The molecule has 3 atom stereocenters. The molecule has 2 heteroatoms. The Hall–Kier alpha value is -4.04. The topological polar surface area (TPSA) is 7.76 Å². The van der Waals surface area contributed by atoms with Gasteiger partial charge in [0.2, 0.25) is 11.4 Å². The van der Waals surface area contributed by atoms with Crippen molar-refractivity contribution in [1.29, 1.82) is 0 Å². The second-order valence-corrected chi connectivity index (χ2v) is 10.5. The maximum atomic E-state index is 2.59. The zero-order valence-corrected chi connectivity index (χ0v) is 19.9. The Morgan fingerprint density at radius 2 is 1.17 bits per heavy atom. The van der Waals surface area contributed by atoms with Crippen molar-refractivity contribution in [3.63, 3.8) is 0 Å². The second kappa shape index (κ2) is 6.14. The minimum atomic E-state index is -0.214. The van der Waals surface area contributed by atoms with Gasteiger partial charge in [-0.05, 0) is 41.8 Å². The Morgan fingerprint density at radius 3 is 1.97 bits per heavy atom. The van der Waals surface area contributed by atoms with Crippen LogP contribution in [0.3, 0.4) is 0 Å². The van der Waals surface area contributed by atoms with Crippen LogP contribution >= 0.6 is 0 Å². The molecule has 1 fully saturated rings. The first-order chi connectivity index (χ1) is 17.1. The summed E-state index contributed by atoms with van der Waals surface area (Å²) in [7, 11) is 0. The van der Waals surface area contributed by atoms with Gasteiger partial charge in [-0.2, -0.15) is 9.13 Å². The molecule has 2 nitrogen and oxygen atoms in total. The molecule has 35 heavy (non-hydrogen) atoms. The molecular formula is C33H26N2+2. The van der Waals surface area contributed by atoms with E-state index >= 15 is 0 Å². The molecule has 3 aliphatic rings. The normalized spacial score (nSPS) is 26.3. The molecule has 1 saturated carbocycles. The highest BCUT2D eigenvalue weighted by molar-refractivity contribution is 5.78. The van der Waals surface area contributed by atoms with E-state index in [1.54, 1.807) is 0 Å². The molecule has 0 saturated heterocycles. The van der Waals surface area contributed by atoms with Crippen LogP contribution in [0.15, 0.2) is 122 Å². The van der Waals surface area contributed by atoms with Gasteiger partial charge in [0.05, 0.1) is 11.1 Å². The molecule has 166 valence electrons. The van der Waals surface area contributed by atoms with Crippen LogP contribution in [0.2, 0.25) is 0 Å². The van der Waals surface area contributed by atoms with Gasteiger partial charge in [0.15, 0.2) is 12.4 Å². The van der Waals surface area contributed by atoms with E-state index in [2.05, 4.69) is 145 Å². The van der Waals surface area contributed by atoms with Crippen LogP contribution in [-0.2, 0) is 16.5 Å². The Bertz CT molecular complexity index is 1630. The van der Waals surface area contributed by atoms with Crippen molar-refractivity contribution in [3.05, 3.63) is 133 Å². The van der Waals surface area contributed by atoms with Crippen molar-refractivity contribution in [3.8, 4) is 33.6 Å². The van der Waals surface area contributed by atoms with E-state index in [9.17, 15) is 0 Å². The standard InChI is InChI=1S/C33H26N2/c1-31-27-16-8-6-14-25(27)29-18-10-11-20-34(29)32(31,2)33(31)28-17-9-7-15-26(28)30-22-24(19-21-35(30)33)23-12-4-3-5-13-23/h3-22H,1-2H3/q+2. The lowest BCUT2D eigenvalue weighted by Crippen LogP contribution is -2.59. The third kappa shape index (κ3) is 1.90. The summed E-state index contributed by atoms with van der Waals surface area (Å²) in [5.74, 6) is 0. The van der Waals surface area contributed by atoms with Crippen molar-refractivity contribution in [2.75, 3.05) is 0 Å². The van der Waals surface area contributed by atoms with Crippen LogP contribution in [0, 0.1) is 0 Å². The van der Waals surface area contributed by atoms with Crippen molar-refractivity contribution in [1.82, 2.24) is 0 Å². The van der Waals surface area contributed by atoms with E-state index in [1.165, 1.54) is 44.8 Å². The number of fused-ring (bicyclic) bond motifs is 13. The van der Waals surface area contributed by atoms with Crippen LogP contribution in [0.1, 0.15) is 25.0 Å². The second-order valence-electron chi connectivity index (χ2n) is 10.5. The number of hydrogen-bond donors (Lipinski definition) is 0. The van der Waals surface area contributed by atoms with Gasteiger partial charge in [0.25, 0.3) is 11.1 Å². The van der Waals surface area contributed by atoms with Crippen molar-refractivity contribution in [2.24, 2.45) is 0 Å². The number of rotatable bonds is 1. The number of benzene rings is 3. The summed E-state index contributed by atoms with van der Waals surface area (Å²) in [6, 6.07) is 40.1. The summed E-state index contributed by atoms with van der Waals surface area (Å²) >= 11 is 0. The van der Waals surface area contributed by atoms with Crippen molar-refractivity contribution >= 4 is 0 Å². The molecule has 3 unspecified atom stereocenters. The molecule has 1 aliphatic carbocycles. The lowest BCUT2D eigenvalue weighted by molar-refractivity contribution is -0.796. The average Bonchev–Trinajstić information content (AvgIpc) is 3.23.